The topological polar surface area (TPSA) is 74.2 Å². The summed E-state index contributed by atoms with van der Waals surface area (Å²) in [6, 6.07) is 3.95. The standard InChI is InChI=1S/C14H19N3O2/c1-8-6-10(7-9(2)11(8)18-5)12-16-13(19-17-12)14(3,4)15/h6-7H,15H2,1-5H3. The molecule has 102 valence electrons. The van der Waals surface area contributed by atoms with Crippen LogP contribution in [0.5, 0.6) is 5.75 Å². The van der Waals surface area contributed by atoms with Crippen LogP contribution in [0.3, 0.4) is 0 Å². The molecule has 0 bridgehead atoms. The number of aryl methyl sites for hydroxylation is 2. The van der Waals surface area contributed by atoms with Gasteiger partial charge in [-0.05, 0) is 51.0 Å². The van der Waals surface area contributed by atoms with Gasteiger partial charge in [-0.2, -0.15) is 4.98 Å². The molecule has 0 saturated heterocycles. The molecule has 0 radical (unpaired) electrons. The number of ether oxygens (including phenoxy) is 1. The largest absolute Gasteiger partial charge is 0.496 e. The zero-order valence-corrected chi connectivity index (χ0v) is 11.9. The Labute approximate surface area is 112 Å². The first kappa shape index (κ1) is 13.5. The second kappa shape index (κ2) is 4.66. The second-order valence-corrected chi connectivity index (χ2v) is 5.29. The average molecular weight is 261 g/mol. The van der Waals surface area contributed by atoms with Gasteiger partial charge in [0.25, 0.3) is 0 Å². The maximum atomic E-state index is 5.94. The molecule has 5 heteroatoms. The summed E-state index contributed by atoms with van der Waals surface area (Å²) in [5.41, 5.74) is 8.27. The van der Waals surface area contributed by atoms with E-state index in [0.29, 0.717) is 11.7 Å². The highest BCUT2D eigenvalue weighted by Gasteiger charge is 2.23. The number of aromatic nitrogens is 2. The van der Waals surface area contributed by atoms with Crippen LogP contribution in [0.15, 0.2) is 16.7 Å². The fourth-order valence-corrected chi connectivity index (χ4v) is 2.00. The Bertz CT molecular complexity index is 574. The molecule has 0 aliphatic rings. The van der Waals surface area contributed by atoms with Crippen LogP contribution >= 0.6 is 0 Å². The fraction of sp³-hybridized carbons (Fsp3) is 0.429. The Hall–Kier alpha value is -1.88. The molecule has 2 N–H and O–H groups in total. The lowest BCUT2D eigenvalue weighted by molar-refractivity contribution is 0.312. The van der Waals surface area contributed by atoms with Crippen molar-refractivity contribution >= 4 is 0 Å². The summed E-state index contributed by atoms with van der Waals surface area (Å²) in [6.07, 6.45) is 0. The van der Waals surface area contributed by atoms with Gasteiger partial charge in [0.2, 0.25) is 11.7 Å². The molecule has 1 aromatic heterocycles. The highest BCUT2D eigenvalue weighted by atomic mass is 16.5. The SMILES string of the molecule is COc1c(C)cc(-c2noc(C(C)(C)N)n2)cc1C. The smallest absolute Gasteiger partial charge is 0.246 e. The minimum atomic E-state index is -0.637. The van der Waals surface area contributed by atoms with Gasteiger partial charge < -0.3 is 15.0 Å². The predicted octanol–water partition coefficient (Wildman–Crippen LogP) is 2.56. The van der Waals surface area contributed by atoms with Gasteiger partial charge in [-0.15, -0.1) is 0 Å². The molecule has 0 amide bonds. The van der Waals surface area contributed by atoms with E-state index in [1.54, 1.807) is 7.11 Å². The van der Waals surface area contributed by atoms with Crippen LogP contribution in [-0.4, -0.2) is 17.3 Å². The van der Waals surface area contributed by atoms with E-state index in [-0.39, 0.29) is 0 Å². The van der Waals surface area contributed by atoms with E-state index in [1.165, 1.54) is 0 Å². The summed E-state index contributed by atoms with van der Waals surface area (Å²) in [5, 5.41) is 3.98. The molecule has 19 heavy (non-hydrogen) atoms. The molecule has 0 saturated carbocycles. The number of hydrogen-bond donors (Lipinski definition) is 1. The molecule has 0 unspecified atom stereocenters. The molecule has 0 aliphatic heterocycles. The quantitative estimate of drug-likeness (QED) is 0.919. The van der Waals surface area contributed by atoms with Crippen molar-refractivity contribution in [2.45, 2.75) is 33.2 Å². The molecule has 2 rings (SSSR count). The van der Waals surface area contributed by atoms with Crippen molar-refractivity contribution in [2.24, 2.45) is 5.73 Å². The molecule has 0 aliphatic carbocycles. The summed E-state index contributed by atoms with van der Waals surface area (Å²) >= 11 is 0. The number of benzene rings is 1. The molecule has 0 fully saturated rings. The first-order valence-corrected chi connectivity index (χ1v) is 6.11. The van der Waals surface area contributed by atoms with Crippen molar-refractivity contribution in [3.63, 3.8) is 0 Å². The first-order chi connectivity index (χ1) is 8.82. The van der Waals surface area contributed by atoms with Crippen LogP contribution in [0, 0.1) is 13.8 Å². The third kappa shape index (κ3) is 2.61. The maximum Gasteiger partial charge on any atom is 0.246 e. The highest BCUT2D eigenvalue weighted by Crippen LogP contribution is 2.29. The summed E-state index contributed by atoms with van der Waals surface area (Å²) in [6.45, 7) is 7.63. The number of nitrogens with zero attached hydrogens (tertiary/aromatic N) is 2. The second-order valence-electron chi connectivity index (χ2n) is 5.29. The number of hydrogen-bond acceptors (Lipinski definition) is 5. The summed E-state index contributed by atoms with van der Waals surface area (Å²) in [7, 11) is 1.67. The highest BCUT2D eigenvalue weighted by molar-refractivity contribution is 5.61. The molecule has 2 aromatic rings. The van der Waals surface area contributed by atoms with Crippen LogP contribution in [0.25, 0.3) is 11.4 Å². The Morgan fingerprint density at radius 1 is 1.21 bits per heavy atom. The van der Waals surface area contributed by atoms with Crippen LogP contribution in [0.2, 0.25) is 0 Å². The molecule has 1 heterocycles. The van der Waals surface area contributed by atoms with Crippen molar-refractivity contribution in [1.82, 2.24) is 10.1 Å². The van der Waals surface area contributed by atoms with Crippen molar-refractivity contribution in [3.8, 4) is 17.1 Å². The number of methoxy groups -OCH3 is 1. The van der Waals surface area contributed by atoms with Crippen molar-refractivity contribution in [3.05, 3.63) is 29.2 Å². The lowest BCUT2D eigenvalue weighted by atomic mass is 10.0. The van der Waals surface area contributed by atoms with Crippen molar-refractivity contribution in [1.29, 1.82) is 0 Å². The third-order valence-electron chi connectivity index (χ3n) is 2.90. The maximum absolute atomic E-state index is 5.94. The number of nitrogens with two attached hydrogens (primary N) is 1. The lowest BCUT2D eigenvalue weighted by Gasteiger charge is -2.11. The molecular weight excluding hydrogens is 242 g/mol. The van der Waals surface area contributed by atoms with E-state index in [0.717, 1.165) is 22.4 Å². The third-order valence-corrected chi connectivity index (χ3v) is 2.90. The first-order valence-electron chi connectivity index (χ1n) is 6.11. The van der Waals surface area contributed by atoms with Gasteiger partial charge >= 0.3 is 0 Å². The lowest BCUT2D eigenvalue weighted by Crippen LogP contribution is -2.28. The normalized spacial score (nSPS) is 11.7. The van der Waals surface area contributed by atoms with E-state index in [9.17, 15) is 0 Å². The molecule has 1 aromatic carbocycles. The van der Waals surface area contributed by atoms with E-state index in [4.69, 9.17) is 15.0 Å². The van der Waals surface area contributed by atoms with Gasteiger partial charge in [-0.1, -0.05) is 5.16 Å². The van der Waals surface area contributed by atoms with Gasteiger partial charge in [-0.3, -0.25) is 0 Å². The molecule has 0 spiro atoms. The van der Waals surface area contributed by atoms with Gasteiger partial charge in [0.05, 0.1) is 12.6 Å². The Morgan fingerprint density at radius 3 is 2.21 bits per heavy atom. The van der Waals surface area contributed by atoms with E-state index < -0.39 is 5.54 Å². The van der Waals surface area contributed by atoms with Crippen LogP contribution in [0.1, 0.15) is 30.9 Å². The van der Waals surface area contributed by atoms with Crippen LogP contribution < -0.4 is 10.5 Å². The average Bonchev–Trinajstić information content (AvgIpc) is 2.77. The monoisotopic (exact) mass is 261 g/mol. The van der Waals surface area contributed by atoms with Crippen molar-refractivity contribution < 1.29 is 9.26 Å². The van der Waals surface area contributed by atoms with Crippen LogP contribution in [-0.2, 0) is 5.54 Å². The van der Waals surface area contributed by atoms with E-state index >= 15 is 0 Å². The summed E-state index contributed by atoms with van der Waals surface area (Å²) in [5.74, 6) is 1.85. The minimum absolute atomic E-state index is 0.425. The fourth-order valence-electron chi connectivity index (χ4n) is 2.00. The summed E-state index contributed by atoms with van der Waals surface area (Å²) in [4.78, 5) is 4.35. The van der Waals surface area contributed by atoms with E-state index in [1.807, 2.05) is 39.8 Å². The Morgan fingerprint density at radius 2 is 1.79 bits per heavy atom. The van der Waals surface area contributed by atoms with Gasteiger partial charge in [-0.25, -0.2) is 0 Å². The minimum Gasteiger partial charge on any atom is -0.496 e. The van der Waals surface area contributed by atoms with Crippen LogP contribution in [0.4, 0.5) is 0 Å². The summed E-state index contributed by atoms with van der Waals surface area (Å²) < 4.78 is 10.5. The van der Waals surface area contributed by atoms with Gasteiger partial charge in [0.1, 0.15) is 5.75 Å². The number of rotatable bonds is 3. The van der Waals surface area contributed by atoms with Gasteiger partial charge in [0.15, 0.2) is 0 Å². The van der Waals surface area contributed by atoms with E-state index in [2.05, 4.69) is 10.1 Å². The zero-order valence-electron chi connectivity index (χ0n) is 11.9. The Kier molecular flexibility index (Phi) is 3.32. The zero-order chi connectivity index (χ0) is 14.2. The molecule has 0 atom stereocenters. The molecule has 5 nitrogen and oxygen atoms in total. The Balaban J connectivity index is 2.46. The predicted molar refractivity (Wildman–Crippen MR) is 73.0 cm³/mol. The molecular formula is C14H19N3O2. The van der Waals surface area contributed by atoms with Crippen molar-refractivity contribution in [2.75, 3.05) is 7.11 Å². The van der Waals surface area contributed by atoms with Gasteiger partial charge in [0, 0.05) is 5.56 Å².